The minimum atomic E-state index is 0.505. The van der Waals surface area contributed by atoms with Crippen molar-refractivity contribution in [1.29, 1.82) is 0 Å². The van der Waals surface area contributed by atoms with E-state index in [9.17, 15) is 0 Å². The molecule has 3 nitrogen and oxygen atoms in total. The van der Waals surface area contributed by atoms with E-state index in [-0.39, 0.29) is 0 Å². The van der Waals surface area contributed by atoms with Crippen LogP contribution in [0.25, 0.3) is 0 Å². The third kappa shape index (κ3) is 4.73. The van der Waals surface area contributed by atoms with Crippen LogP contribution in [0.5, 0.6) is 0 Å². The Labute approximate surface area is 105 Å². The van der Waals surface area contributed by atoms with Crippen molar-refractivity contribution in [2.45, 2.75) is 34.2 Å². The van der Waals surface area contributed by atoms with Crippen LogP contribution in [0, 0.1) is 11.8 Å². The summed E-state index contributed by atoms with van der Waals surface area (Å²) >= 11 is 0. The molecule has 0 unspecified atom stereocenters. The number of pyridine rings is 1. The molecule has 0 radical (unpaired) electrons. The molecule has 1 rings (SSSR count). The van der Waals surface area contributed by atoms with Crippen LogP contribution in [0.3, 0.4) is 0 Å². The Morgan fingerprint density at radius 3 is 2.24 bits per heavy atom. The van der Waals surface area contributed by atoms with Crippen LogP contribution in [0.15, 0.2) is 18.3 Å². The van der Waals surface area contributed by atoms with E-state index in [0.29, 0.717) is 18.4 Å². The Morgan fingerprint density at radius 2 is 1.76 bits per heavy atom. The standard InChI is InChI=1S/C14H25N3/c1-11(2)9-17(10-12(3)4)14-5-6-16-13(7-14)8-15/h5-7,11-12H,8-10,15H2,1-4H3. The molecule has 0 saturated carbocycles. The number of rotatable bonds is 6. The summed E-state index contributed by atoms with van der Waals surface area (Å²) in [5.41, 5.74) is 7.84. The number of anilines is 1. The molecule has 0 aliphatic carbocycles. The number of aromatic nitrogens is 1. The molecule has 0 spiro atoms. The van der Waals surface area contributed by atoms with Gasteiger partial charge in [-0.2, -0.15) is 0 Å². The summed E-state index contributed by atoms with van der Waals surface area (Å²) in [6, 6.07) is 4.18. The van der Waals surface area contributed by atoms with Crippen LogP contribution in [-0.4, -0.2) is 18.1 Å². The van der Waals surface area contributed by atoms with Crippen molar-refractivity contribution in [3.05, 3.63) is 24.0 Å². The molecule has 2 N–H and O–H groups in total. The van der Waals surface area contributed by atoms with Crippen LogP contribution in [0.4, 0.5) is 5.69 Å². The molecule has 0 atom stereocenters. The van der Waals surface area contributed by atoms with Gasteiger partial charge in [0, 0.05) is 31.5 Å². The normalized spacial score (nSPS) is 11.2. The maximum Gasteiger partial charge on any atom is 0.0560 e. The zero-order valence-corrected chi connectivity index (χ0v) is 11.5. The predicted molar refractivity (Wildman–Crippen MR) is 74.0 cm³/mol. The van der Waals surface area contributed by atoms with E-state index in [2.05, 4.69) is 49.7 Å². The van der Waals surface area contributed by atoms with Crippen molar-refractivity contribution in [3.63, 3.8) is 0 Å². The molecule has 0 saturated heterocycles. The monoisotopic (exact) mass is 235 g/mol. The van der Waals surface area contributed by atoms with E-state index in [4.69, 9.17) is 5.73 Å². The molecule has 96 valence electrons. The van der Waals surface area contributed by atoms with Crippen LogP contribution >= 0.6 is 0 Å². The number of hydrogen-bond acceptors (Lipinski definition) is 3. The fourth-order valence-corrected chi connectivity index (χ4v) is 1.94. The summed E-state index contributed by atoms with van der Waals surface area (Å²) in [4.78, 5) is 6.67. The Balaban J connectivity index is 2.86. The summed E-state index contributed by atoms with van der Waals surface area (Å²) in [6.07, 6.45) is 1.85. The highest BCUT2D eigenvalue weighted by Gasteiger charge is 2.11. The topological polar surface area (TPSA) is 42.2 Å². The second kappa shape index (κ2) is 6.60. The lowest BCUT2D eigenvalue weighted by atomic mass is 10.1. The molecule has 1 aromatic rings. The molecule has 0 bridgehead atoms. The van der Waals surface area contributed by atoms with Gasteiger partial charge in [0.25, 0.3) is 0 Å². The molecule has 0 aliphatic heterocycles. The maximum atomic E-state index is 5.64. The molecule has 0 aromatic carbocycles. The summed E-state index contributed by atoms with van der Waals surface area (Å²) in [7, 11) is 0. The molecule has 17 heavy (non-hydrogen) atoms. The highest BCUT2D eigenvalue weighted by atomic mass is 15.1. The lowest BCUT2D eigenvalue weighted by Crippen LogP contribution is -2.31. The van der Waals surface area contributed by atoms with Gasteiger partial charge in [0.1, 0.15) is 0 Å². The van der Waals surface area contributed by atoms with E-state index in [1.54, 1.807) is 0 Å². The van der Waals surface area contributed by atoms with Gasteiger partial charge >= 0.3 is 0 Å². The average molecular weight is 235 g/mol. The SMILES string of the molecule is CC(C)CN(CC(C)C)c1ccnc(CN)c1. The summed E-state index contributed by atoms with van der Waals surface area (Å²) < 4.78 is 0. The first-order valence-corrected chi connectivity index (χ1v) is 6.42. The summed E-state index contributed by atoms with van der Waals surface area (Å²) in [6.45, 7) is 11.6. The predicted octanol–water partition coefficient (Wildman–Crippen LogP) is 2.66. The second-order valence-corrected chi connectivity index (χ2v) is 5.40. The highest BCUT2D eigenvalue weighted by Crippen LogP contribution is 2.17. The largest absolute Gasteiger partial charge is 0.371 e. The van der Waals surface area contributed by atoms with Gasteiger partial charge in [-0.25, -0.2) is 0 Å². The first-order valence-electron chi connectivity index (χ1n) is 6.42. The first-order chi connectivity index (χ1) is 8.02. The number of nitrogens with two attached hydrogens (primary N) is 1. The summed E-state index contributed by atoms with van der Waals surface area (Å²) in [5, 5.41) is 0. The van der Waals surface area contributed by atoms with Crippen molar-refractivity contribution in [1.82, 2.24) is 4.98 Å². The fourth-order valence-electron chi connectivity index (χ4n) is 1.94. The van der Waals surface area contributed by atoms with E-state index in [1.807, 2.05) is 6.20 Å². The smallest absolute Gasteiger partial charge is 0.0560 e. The molecule has 0 fully saturated rings. The van der Waals surface area contributed by atoms with Gasteiger partial charge in [-0.1, -0.05) is 27.7 Å². The zero-order valence-electron chi connectivity index (χ0n) is 11.5. The van der Waals surface area contributed by atoms with Crippen molar-refractivity contribution in [2.75, 3.05) is 18.0 Å². The van der Waals surface area contributed by atoms with Gasteiger partial charge < -0.3 is 10.6 Å². The molecule has 1 aromatic heterocycles. The fraction of sp³-hybridized carbons (Fsp3) is 0.643. The van der Waals surface area contributed by atoms with Gasteiger partial charge in [0.05, 0.1) is 5.69 Å². The van der Waals surface area contributed by atoms with Crippen LogP contribution in [0.2, 0.25) is 0 Å². The van der Waals surface area contributed by atoms with Crippen molar-refractivity contribution in [3.8, 4) is 0 Å². The third-order valence-electron chi connectivity index (χ3n) is 2.55. The Morgan fingerprint density at radius 1 is 1.18 bits per heavy atom. The number of nitrogens with zero attached hydrogens (tertiary/aromatic N) is 2. The zero-order chi connectivity index (χ0) is 12.8. The Hall–Kier alpha value is -1.09. The van der Waals surface area contributed by atoms with Crippen LogP contribution in [-0.2, 0) is 6.54 Å². The highest BCUT2D eigenvalue weighted by molar-refractivity contribution is 5.46. The average Bonchev–Trinajstić information content (AvgIpc) is 2.27. The van der Waals surface area contributed by atoms with Crippen molar-refractivity contribution < 1.29 is 0 Å². The molecule has 1 heterocycles. The third-order valence-corrected chi connectivity index (χ3v) is 2.55. The molecule has 3 heteroatoms. The molecular formula is C14H25N3. The van der Waals surface area contributed by atoms with Crippen LogP contribution < -0.4 is 10.6 Å². The second-order valence-electron chi connectivity index (χ2n) is 5.40. The van der Waals surface area contributed by atoms with Crippen molar-refractivity contribution in [2.24, 2.45) is 17.6 Å². The van der Waals surface area contributed by atoms with E-state index in [1.165, 1.54) is 5.69 Å². The number of hydrogen-bond donors (Lipinski definition) is 1. The maximum absolute atomic E-state index is 5.64. The van der Waals surface area contributed by atoms with Gasteiger partial charge in [0.2, 0.25) is 0 Å². The lowest BCUT2D eigenvalue weighted by Gasteiger charge is -2.28. The van der Waals surface area contributed by atoms with Gasteiger partial charge in [-0.3, -0.25) is 4.98 Å². The minimum Gasteiger partial charge on any atom is -0.371 e. The quantitative estimate of drug-likeness (QED) is 0.824. The van der Waals surface area contributed by atoms with Gasteiger partial charge in [0.15, 0.2) is 0 Å². The van der Waals surface area contributed by atoms with Crippen LogP contribution in [0.1, 0.15) is 33.4 Å². The summed E-state index contributed by atoms with van der Waals surface area (Å²) in [5.74, 6) is 1.31. The lowest BCUT2D eigenvalue weighted by molar-refractivity contribution is 0.552. The molecule has 0 aliphatic rings. The Bertz CT molecular complexity index is 324. The molecule has 0 amide bonds. The van der Waals surface area contributed by atoms with Gasteiger partial charge in [-0.05, 0) is 24.0 Å². The molecular weight excluding hydrogens is 210 g/mol. The van der Waals surface area contributed by atoms with E-state index < -0.39 is 0 Å². The van der Waals surface area contributed by atoms with E-state index >= 15 is 0 Å². The van der Waals surface area contributed by atoms with Gasteiger partial charge in [-0.15, -0.1) is 0 Å². The Kier molecular flexibility index (Phi) is 5.42. The minimum absolute atomic E-state index is 0.505. The van der Waals surface area contributed by atoms with Crippen molar-refractivity contribution >= 4 is 5.69 Å². The van der Waals surface area contributed by atoms with E-state index in [0.717, 1.165) is 18.8 Å². The first kappa shape index (κ1) is 14.0.